The van der Waals surface area contributed by atoms with E-state index in [0.717, 1.165) is 4.90 Å². The molecule has 2 saturated heterocycles. The van der Waals surface area contributed by atoms with Crippen LogP contribution >= 0.6 is 0 Å². The lowest BCUT2D eigenvalue weighted by molar-refractivity contribution is -0.312. The van der Waals surface area contributed by atoms with Gasteiger partial charge >= 0.3 is 0 Å². The molecule has 0 bridgehead atoms. The Bertz CT molecular complexity index is 685. The molecule has 1 amide bonds. The standard InChI is InChI=1S/C10H12N4O5S/c1-10(5-13-3-2-11-12-13)8(9(16)17)14-6(15)4-7(14)20(10,18)19/h2-3,7-8H,4-5H2,1H3,(H,16,17)/p-1/t7-,8+,10-/m1/s1. The first-order valence-electron chi connectivity index (χ1n) is 5.88. The Morgan fingerprint density at radius 2 is 2.30 bits per heavy atom. The third-order valence-corrected chi connectivity index (χ3v) is 6.75. The molecular formula is C10H11N4O5S-. The molecule has 3 atom stereocenters. The van der Waals surface area contributed by atoms with Crippen LogP contribution in [0.5, 0.6) is 0 Å². The van der Waals surface area contributed by atoms with Crippen LogP contribution in [0, 0.1) is 0 Å². The highest BCUT2D eigenvalue weighted by atomic mass is 32.2. The highest BCUT2D eigenvalue weighted by Gasteiger charge is 2.68. The van der Waals surface area contributed by atoms with Crippen molar-refractivity contribution in [2.45, 2.75) is 36.1 Å². The Morgan fingerprint density at radius 3 is 2.80 bits per heavy atom. The smallest absolute Gasteiger partial charge is 0.227 e. The topological polar surface area (TPSA) is 125 Å². The molecule has 0 spiro atoms. The highest BCUT2D eigenvalue weighted by molar-refractivity contribution is 7.93. The van der Waals surface area contributed by atoms with Crippen molar-refractivity contribution in [3.05, 3.63) is 12.4 Å². The number of hydrogen-bond donors (Lipinski definition) is 0. The van der Waals surface area contributed by atoms with Crippen molar-refractivity contribution in [1.29, 1.82) is 0 Å². The zero-order valence-corrected chi connectivity index (χ0v) is 11.3. The zero-order valence-electron chi connectivity index (χ0n) is 10.5. The fraction of sp³-hybridized carbons (Fsp3) is 0.600. The van der Waals surface area contributed by atoms with Crippen LogP contribution in [0.15, 0.2) is 12.4 Å². The summed E-state index contributed by atoms with van der Waals surface area (Å²) in [5.41, 5.74) is 0. The molecule has 10 heteroatoms. The van der Waals surface area contributed by atoms with Crippen LogP contribution in [-0.4, -0.2) is 56.4 Å². The number of amides is 1. The van der Waals surface area contributed by atoms with Gasteiger partial charge in [0.05, 0.1) is 31.2 Å². The first-order valence-corrected chi connectivity index (χ1v) is 7.43. The van der Waals surface area contributed by atoms with Crippen LogP contribution < -0.4 is 5.11 Å². The first-order chi connectivity index (χ1) is 9.29. The fourth-order valence-electron chi connectivity index (χ4n) is 2.91. The number of carboxylic acids is 1. The summed E-state index contributed by atoms with van der Waals surface area (Å²) in [6.45, 7) is 1.10. The van der Waals surface area contributed by atoms with Crippen LogP contribution in [0.3, 0.4) is 0 Å². The van der Waals surface area contributed by atoms with E-state index in [1.807, 2.05) is 0 Å². The molecule has 3 heterocycles. The number of carbonyl (C=O) groups excluding carboxylic acids is 2. The number of aliphatic carboxylic acids is 1. The molecule has 0 aliphatic carbocycles. The molecule has 0 N–H and O–H groups in total. The van der Waals surface area contributed by atoms with Crippen molar-refractivity contribution in [2.75, 3.05) is 0 Å². The van der Waals surface area contributed by atoms with E-state index in [2.05, 4.69) is 10.3 Å². The lowest BCUT2D eigenvalue weighted by atomic mass is 9.96. The summed E-state index contributed by atoms with van der Waals surface area (Å²) in [5.74, 6) is -2.07. The Morgan fingerprint density at radius 1 is 1.60 bits per heavy atom. The van der Waals surface area contributed by atoms with E-state index in [4.69, 9.17) is 0 Å². The number of sulfone groups is 1. The lowest BCUT2D eigenvalue weighted by Gasteiger charge is -2.38. The third-order valence-electron chi connectivity index (χ3n) is 3.98. The second-order valence-electron chi connectivity index (χ2n) is 5.14. The minimum atomic E-state index is -3.84. The molecule has 1 aromatic heterocycles. The summed E-state index contributed by atoms with van der Waals surface area (Å²) in [6, 6.07) is -1.51. The maximum absolute atomic E-state index is 12.5. The Balaban J connectivity index is 2.10. The van der Waals surface area contributed by atoms with Crippen LogP contribution in [-0.2, 0) is 26.0 Å². The van der Waals surface area contributed by atoms with E-state index in [1.165, 1.54) is 24.0 Å². The number of carboxylic acid groups (broad SMARTS) is 1. The quantitative estimate of drug-likeness (QED) is 0.550. The number of aromatic nitrogens is 3. The van der Waals surface area contributed by atoms with Crippen molar-refractivity contribution in [3.63, 3.8) is 0 Å². The van der Waals surface area contributed by atoms with Crippen molar-refractivity contribution in [3.8, 4) is 0 Å². The first kappa shape index (κ1) is 13.0. The second-order valence-corrected chi connectivity index (χ2v) is 7.71. The Kier molecular flexibility index (Phi) is 2.46. The van der Waals surface area contributed by atoms with Gasteiger partial charge in [-0.2, -0.15) is 0 Å². The molecule has 108 valence electrons. The number of fused-ring (bicyclic) bond motifs is 1. The van der Waals surface area contributed by atoms with Gasteiger partial charge in [0.2, 0.25) is 5.91 Å². The normalized spacial score (nSPS) is 34.6. The Labute approximate surface area is 114 Å². The van der Waals surface area contributed by atoms with Crippen LogP contribution in [0.2, 0.25) is 0 Å². The zero-order chi connectivity index (χ0) is 14.7. The van der Waals surface area contributed by atoms with E-state index in [9.17, 15) is 23.1 Å². The number of carbonyl (C=O) groups is 2. The van der Waals surface area contributed by atoms with Gasteiger partial charge in [0.15, 0.2) is 9.84 Å². The van der Waals surface area contributed by atoms with Gasteiger partial charge in [-0.1, -0.05) is 5.21 Å². The third kappa shape index (κ3) is 1.39. The average Bonchev–Trinajstić information content (AvgIpc) is 2.87. The van der Waals surface area contributed by atoms with E-state index in [1.54, 1.807) is 0 Å². The molecule has 0 radical (unpaired) electrons. The van der Waals surface area contributed by atoms with Crippen molar-refractivity contribution < 1.29 is 23.1 Å². The lowest BCUT2D eigenvalue weighted by Crippen LogP contribution is -2.61. The van der Waals surface area contributed by atoms with Crippen molar-refractivity contribution >= 4 is 21.7 Å². The summed E-state index contributed by atoms with van der Waals surface area (Å²) >= 11 is 0. The summed E-state index contributed by atoms with van der Waals surface area (Å²) in [5, 5.41) is 17.5. The van der Waals surface area contributed by atoms with Gasteiger partial charge in [0, 0.05) is 6.20 Å². The monoisotopic (exact) mass is 299 g/mol. The van der Waals surface area contributed by atoms with Crippen LogP contribution in [0.1, 0.15) is 13.3 Å². The number of hydrogen-bond acceptors (Lipinski definition) is 7. The van der Waals surface area contributed by atoms with E-state index in [-0.39, 0.29) is 13.0 Å². The van der Waals surface area contributed by atoms with Crippen LogP contribution in [0.25, 0.3) is 0 Å². The Hall–Kier alpha value is -1.97. The highest BCUT2D eigenvalue weighted by Crippen LogP contribution is 2.46. The van der Waals surface area contributed by atoms with Gasteiger partial charge in [0.25, 0.3) is 0 Å². The molecular weight excluding hydrogens is 288 g/mol. The summed E-state index contributed by atoms with van der Waals surface area (Å²) < 4.78 is 24.6. The molecule has 3 rings (SSSR count). The number of β-lactam (4-membered cyclic amide) rings is 1. The average molecular weight is 299 g/mol. The summed E-state index contributed by atoms with van der Waals surface area (Å²) in [7, 11) is -3.84. The summed E-state index contributed by atoms with van der Waals surface area (Å²) in [4.78, 5) is 23.8. The number of nitrogens with zero attached hydrogens (tertiary/aromatic N) is 4. The van der Waals surface area contributed by atoms with E-state index < -0.39 is 37.9 Å². The van der Waals surface area contributed by atoms with Gasteiger partial charge in [-0.3, -0.25) is 9.48 Å². The minimum Gasteiger partial charge on any atom is -0.548 e. The molecule has 9 nitrogen and oxygen atoms in total. The molecule has 2 aliphatic rings. The van der Waals surface area contributed by atoms with E-state index in [0.29, 0.717) is 0 Å². The maximum atomic E-state index is 12.5. The van der Waals surface area contributed by atoms with Gasteiger partial charge in [-0.05, 0) is 6.92 Å². The molecule has 20 heavy (non-hydrogen) atoms. The molecule has 2 fully saturated rings. The predicted octanol–water partition coefficient (Wildman–Crippen LogP) is -2.86. The van der Waals surface area contributed by atoms with Gasteiger partial charge in [-0.25, -0.2) is 8.42 Å². The van der Waals surface area contributed by atoms with E-state index >= 15 is 0 Å². The SMILES string of the molecule is C[C@@]1(Cn2ccnn2)[C@H](C(=O)[O-])N2C(=O)C[C@H]2S1(=O)=O. The van der Waals surface area contributed by atoms with Crippen LogP contribution in [0.4, 0.5) is 0 Å². The van der Waals surface area contributed by atoms with Crippen molar-refractivity contribution in [2.24, 2.45) is 0 Å². The van der Waals surface area contributed by atoms with Crippen molar-refractivity contribution in [1.82, 2.24) is 19.9 Å². The molecule has 0 saturated carbocycles. The van der Waals surface area contributed by atoms with Gasteiger partial charge in [0.1, 0.15) is 10.1 Å². The minimum absolute atomic E-state index is 0.181. The fourth-order valence-corrected chi connectivity index (χ4v) is 5.26. The van der Waals surface area contributed by atoms with Gasteiger partial charge in [-0.15, -0.1) is 5.10 Å². The largest absolute Gasteiger partial charge is 0.548 e. The molecule has 2 aliphatic heterocycles. The molecule has 1 aromatic rings. The molecule has 0 unspecified atom stereocenters. The van der Waals surface area contributed by atoms with Gasteiger partial charge < -0.3 is 14.8 Å². The predicted molar refractivity (Wildman–Crippen MR) is 61.4 cm³/mol. The number of rotatable bonds is 3. The summed E-state index contributed by atoms with van der Waals surface area (Å²) in [6.07, 6.45) is 2.61. The second kappa shape index (κ2) is 3.78. The molecule has 0 aromatic carbocycles. The maximum Gasteiger partial charge on any atom is 0.227 e.